The van der Waals surface area contributed by atoms with Crippen molar-refractivity contribution < 1.29 is 19.4 Å². The highest BCUT2D eigenvalue weighted by atomic mass is 35.5. The number of nitriles is 1. The number of hydrogen-bond acceptors (Lipinski definition) is 9. The van der Waals surface area contributed by atoms with Crippen molar-refractivity contribution in [3.63, 3.8) is 0 Å². The smallest absolute Gasteiger partial charge is 0.404 e. The van der Waals surface area contributed by atoms with E-state index in [-0.39, 0.29) is 0 Å². The number of anilines is 2. The van der Waals surface area contributed by atoms with Crippen molar-refractivity contribution >= 4 is 29.3 Å². The Morgan fingerprint density at radius 1 is 1.15 bits per heavy atom. The summed E-state index contributed by atoms with van der Waals surface area (Å²) in [7, 11) is 0. The molecule has 12 heteroatoms. The topological polar surface area (TPSA) is 153 Å². The first-order valence-corrected chi connectivity index (χ1v) is 14.2. The van der Waals surface area contributed by atoms with Crippen LogP contribution in [0.5, 0.6) is 0 Å². The van der Waals surface area contributed by atoms with Crippen molar-refractivity contribution in [2.75, 3.05) is 56.7 Å². The van der Waals surface area contributed by atoms with Crippen molar-refractivity contribution in [3.05, 3.63) is 35.5 Å². The molecule has 0 radical (unpaired) electrons. The van der Waals surface area contributed by atoms with Crippen LogP contribution in [0.3, 0.4) is 0 Å². The van der Waals surface area contributed by atoms with Gasteiger partial charge < -0.3 is 35.8 Å². The first-order chi connectivity index (χ1) is 19.5. The van der Waals surface area contributed by atoms with Gasteiger partial charge >= 0.3 is 6.09 Å². The predicted octanol–water partition coefficient (Wildman–Crippen LogP) is 4.13. The molecule has 40 heavy (non-hydrogen) atoms. The van der Waals surface area contributed by atoms with Crippen molar-refractivity contribution in [2.24, 2.45) is 5.41 Å². The van der Waals surface area contributed by atoms with Crippen molar-refractivity contribution in [3.8, 4) is 17.3 Å². The number of pyridine rings is 2. The van der Waals surface area contributed by atoms with Crippen LogP contribution in [-0.4, -0.2) is 79.3 Å². The quantitative estimate of drug-likeness (QED) is 0.222. The molecule has 0 spiro atoms. The molecule has 1 saturated carbocycles. The van der Waals surface area contributed by atoms with Gasteiger partial charge in [-0.25, -0.2) is 14.8 Å². The fourth-order valence-corrected chi connectivity index (χ4v) is 5.27. The molecule has 0 atom stereocenters. The molecular formula is C28H38ClN7O4. The van der Waals surface area contributed by atoms with Crippen LogP contribution in [0.2, 0.25) is 5.02 Å². The lowest BCUT2D eigenvalue weighted by molar-refractivity contribution is 0.0455. The maximum atomic E-state index is 10.4. The number of carboxylic acid groups (broad SMARTS) is 1. The second-order valence-corrected chi connectivity index (χ2v) is 10.7. The van der Waals surface area contributed by atoms with Gasteiger partial charge in [0.05, 0.1) is 35.4 Å². The molecule has 1 aliphatic heterocycles. The van der Waals surface area contributed by atoms with Crippen molar-refractivity contribution in [1.82, 2.24) is 20.6 Å². The number of nitrogens with one attached hydrogen (secondary N) is 4. The third kappa shape index (κ3) is 8.93. The summed E-state index contributed by atoms with van der Waals surface area (Å²) in [4.78, 5) is 19.7. The average molecular weight is 572 g/mol. The molecular weight excluding hydrogens is 534 g/mol. The Balaban J connectivity index is 1.25. The molecule has 1 saturated heterocycles. The molecule has 0 aromatic carbocycles. The van der Waals surface area contributed by atoms with Gasteiger partial charge in [0.15, 0.2) is 0 Å². The van der Waals surface area contributed by atoms with E-state index in [0.717, 1.165) is 49.3 Å². The second kappa shape index (κ2) is 15.0. The van der Waals surface area contributed by atoms with Crippen LogP contribution < -0.4 is 21.3 Å². The zero-order chi connectivity index (χ0) is 28.2. The fraction of sp³-hybridized carbons (Fsp3) is 0.571. The van der Waals surface area contributed by atoms with E-state index in [2.05, 4.69) is 32.3 Å². The summed E-state index contributed by atoms with van der Waals surface area (Å²) in [6, 6.07) is 10.9. The van der Waals surface area contributed by atoms with Crippen LogP contribution in [-0.2, 0) is 9.47 Å². The molecule has 11 nitrogen and oxygen atoms in total. The minimum absolute atomic E-state index is 0.296. The summed E-state index contributed by atoms with van der Waals surface area (Å²) in [5.74, 6) is 1.47. The highest BCUT2D eigenvalue weighted by Crippen LogP contribution is 2.32. The minimum atomic E-state index is -1.03. The van der Waals surface area contributed by atoms with Crippen LogP contribution >= 0.6 is 11.6 Å². The average Bonchev–Trinajstić information content (AvgIpc) is 2.98. The normalized spacial score (nSPS) is 20.3. The van der Waals surface area contributed by atoms with Gasteiger partial charge in [0.2, 0.25) is 0 Å². The molecule has 1 aliphatic carbocycles. The van der Waals surface area contributed by atoms with E-state index >= 15 is 0 Å². The Labute approximate surface area is 240 Å². The van der Waals surface area contributed by atoms with Gasteiger partial charge in [-0.2, -0.15) is 5.26 Å². The van der Waals surface area contributed by atoms with Crippen LogP contribution in [0, 0.1) is 16.7 Å². The maximum absolute atomic E-state index is 10.4. The number of aromatic nitrogens is 2. The molecule has 5 N–H and O–H groups in total. The Bertz CT molecular complexity index is 1150. The largest absolute Gasteiger partial charge is 0.465 e. The number of amides is 1. The molecule has 216 valence electrons. The third-order valence-electron chi connectivity index (χ3n) is 7.46. The van der Waals surface area contributed by atoms with E-state index in [1.165, 1.54) is 0 Å². The number of halogens is 1. The van der Waals surface area contributed by atoms with Crippen molar-refractivity contribution in [2.45, 2.75) is 50.6 Å². The molecule has 4 rings (SSSR count). The first kappa shape index (κ1) is 29.8. The molecule has 2 fully saturated rings. The lowest BCUT2D eigenvalue weighted by Crippen LogP contribution is -2.38. The molecule has 0 unspecified atom stereocenters. The Hall–Kier alpha value is -3.17. The van der Waals surface area contributed by atoms with E-state index < -0.39 is 11.5 Å². The summed E-state index contributed by atoms with van der Waals surface area (Å²) in [5, 5.41) is 31.5. The number of hydrogen-bond donors (Lipinski definition) is 5. The first-order valence-electron chi connectivity index (χ1n) is 13.9. The Morgan fingerprint density at radius 2 is 1.90 bits per heavy atom. The lowest BCUT2D eigenvalue weighted by Gasteiger charge is -2.30. The van der Waals surface area contributed by atoms with E-state index in [0.29, 0.717) is 75.3 Å². The third-order valence-corrected chi connectivity index (χ3v) is 7.76. The lowest BCUT2D eigenvalue weighted by atomic mass is 9.82. The number of carbonyl (C=O) groups is 1. The zero-order valence-electron chi connectivity index (χ0n) is 22.6. The highest BCUT2D eigenvalue weighted by molar-refractivity contribution is 6.33. The number of ether oxygens (including phenoxy) is 2. The summed E-state index contributed by atoms with van der Waals surface area (Å²) < 4.78 is 10.9. The number of rotatable bonds is 13. The highest BCUT2D eigenvalue weighted by Gasteiger charge is 2.32. The SMILES string of the molecule is N#CC1(CNc2cccc(-c3cc(N[C@H]4CC[C@H](NCCOCCNC(=O)O)CC4)ncc3Cl)n2)CCOCC1. The minimum Gasteiger partial charge on any atom is -0.465 e. The van der Waals surface area contributed by atoms with Crippen LogP contribution in [0.15, 0.2) is 30.5 Å². The van der Waals surface area contributed by atoms with Crippen molar-refractivity contribution in [1.29, 1.82) is 5.26 Å². The van der Waals surface area contributed by atoms with Crippen LogP contribution in [0.1, 0.15) is 38.5 Å². The second-order valence-electron chi connectivity index (χ2n) is 10.3. The molecule has 1 amide bonds. The number of nitrogens with zero attached hydrogens (tertiary/aromatic N) is 3. The van der Waals surface area contributed by atoms with Gasteiger partial charge in [-0.1, -0.05) is 17.7 Å². The molecule has 3 heterocycles. The molecule has 0 bridgehead atoms. The monoisotopic (exact) mass is 571 g/mol. The van der Waals surface area contributed by atoms with E-state index in [1.54, 1.807) is 6.20 Å². The van der Waals surface area contributed by atoms with Gasteiger partial charge in [-0.05, 0) is 56.7 Å². The van der Waals surface area contributed by atoms with Gasteiger partial charge in [0, 0.05) is 56.7 Å². The van der Waals surface area contributed by atoms with Crippen LogP contribution in [0.25, 0.3) is 11.3 Å². The summed E-state index contributed by atoms with van der Waals surface area (Å²) >= 11 is 6.53. The summed E-state index contributed by atoms with van der Waals surface area (Å²) in [6.45, 7) is 3.69. The zero-order valence-corrected chi connectivity index (χ0v) is 23.4. The molecule has 2 aliphatic rings. The fourth-order valence-electron chi connectivity index (χ4n) is 5.07. The maximum Gasteiger partial charge on any atom is 0.404 e. The van der Waals surface area contributed by atoms with Crippen LogP contribution in [0.4, 0.5) is 16.4 Å². The molecule has 2 aromatic heterocycles. The van der Waals surface area contributed by atoms with Gasteiger partial charge in [-0.15, -0.1) is 0 Å². The Kier molecular flexibility index (Phi) is 11.2. The molecule has 2 aromatic rings. The van der Waals surface area contributed by atoms with E-state index in [9.17, 15) is 10.1 Å². The van der Waals surface area contributed by atoms with E-state index in [4.69, 9.17) is 31.2 Å². The van der Waals surface area contributed by atoms with Gasteiger partial charge in [-0.3, -0.25) is 0 Å². The van der Waals surface area contributed by atoms with Gasteiger partial charge in [0.1, 0.15) is 11.6 Å². The summed E-state index contributed by atoms with van der Waals surface area (Å²) in [6.07, 6.45) is 6.17. The predicted molar refractivity (Wildman–Crippen MR) is 154 cm³/mol. The van der Waals surface area contributed by atoms with E-state index in [1.807, 2.05) is 24.3 Å². The van der Waals surface area contributed by atoms with Gasteiger partial charge in [0.25, 0.3) is 0 Å². The summed E-state index contributed by atoms with van der Waals surface area (Å²) in [5.41, 5.74) is 1.11. The standard InChI is InChI=1S/C28H38ClN7O4/c29-23-17-33-26(35-21-6-4-20(5-7-21)31-10-14-40-15-11-32-27(37)38)16-22(23)24-2-1-3-25(36-24)34-19-28(18-30)8-12-39-13-9-28/h1-3,16-17,20-21,31-32H,4-15,19H2,(H,33,35)(H,34,36)(H,37,38)/t20-,21-. The Morgan fingerprint density at radius 3 is 2.65 bits per heavy atom.